The molecule has 4 heterocycles. The van der Waals surface area contributed by atoms with Gasteiger partial charge in [-0.2, -0.15) is 0 Å². The number of hydrogen-bond donors (Lipinski definition) is 3. The van der Waals surface area contributed by atoms with Crippen LogP contribution >= 0.6 is 0 Å². The number of aromatic nitrogens is 1. The Hall–Kier alpha value is -3.72. The van der Waals surface area contributed by atoms with Crippen molar-refractivity contribution in [1.82, 2.24) is 25.4 Å². The SMILES string of the molecule is COC(=O)N[C@@H]1CC[C@@H](CCN2CCC(C3=CNC4=CC=CCC43)CC2)N(C(=O)c2cc3cc(OC)ccc3[nH]2)C1. The van der Waals surface area contributed by atoms with E-state index in [2.05, 4.69) is 44.9 Å². The van der Waals surface area contributed by atoms with Crippen molar-refractivity contribution in [2.75, 3.05) is 40.4 Å². The van der Waals surface area contributed by atoms with Crippen molar-refractivity contribution in [2.24, 2.45) is 11.8 Å². The number of carbonyl (C=O) groups is 2. The van der Waals surface area contributed by atoms with Gasteiger partial charge in [-0.1, -0.05) is 12.2 Å². The minimum Gasteiger partial charge on any atom is -0.497 e. The standard InChI is InChI=1S/C32H41N5O4/c1-40-25-9-10-28-22(17-25)18-30(35-28)31(38)37-20-23(34-32(39)41-2)7-8-24(37)13-16-36-14-11-21(12-15-36)27-19-33-29-6-4-3-5-26(27)29/h3-4,6,9-10,17-19,21,23-24,26,33,35H,5,7-8,11-16,20H2,1-2H3,(H,34,39)/t23-,24+,26?/m1/s1. The Morgan fingerprint density at radius 2 is 1.95 bits per heavy atom. The number of nitrogens with zero attached hydrogens (tertiary/aromatic N) is 2. The number of piperidine rings is 2. The largest absolute Gasteiger partial charge is 0.497 e. The molecule has 2 amide bonds. The zero-order chi connectivity index (χ0) is 28.3. The van der Waals surface area contributed by atoms with Gasteiger partial charge in [-0.25, -0.2) is 4.79 Å². The summed E-state index contributed by atoms with van der Waals surface area (Å²) in [5, 5.41) is 7.35. The zero-order valence-electron chi connectivity index (χ0n) is 24.0. The van der Waals surface area contributed by atoms with Crippen LogP contribution in [0, 0.1) is 11.8 Å². The minimum absolute atomic E-state index is 0.0358. The Labute approximate surface area is 241 Å². The molecule has 3 N–H and O–H groups in total. The number of alkyl carbamates (subject to hydrolysis) is 1. The number of fused-ring (bicyclic) bond motifs is 2. The van der Waals surface area contributed by atoms with Gasteiger partial charge >= 0.3 is 6.09 Å². The quantitative estimate of drug-likeness (QED) is 0.460. The van der Waals surface area contributed by atoms with Crippen molar-refractivity contribution in [3.8, 4) is 5.75 Å². The zero-order valence-corrected chi connectivity index (χ0v) is 24.0. The first-order valence-corrected chi connectivity index (χ1v) is 14.9. The number of methoxy groups -OCH3 is 2. The summed E-state index contributed by atoms with van der Waals surface area (Å²) in [6, 6.07) is 7.63. The van der Waals surface area contributed by atoms with E-state index in [9.17, 15) is 9.59 Å². The van der Waals surface area contributed by atoms with Crippen molar-refractivity contribution < 1.29 is 19.1 Å². The Balaban J connectivity index is 1.09. The Morgan fingerprint density at radius 3 is 2.76 bits per heavy atom. The summed E-state index contributed by atoms with van der Waals surface area (Å²) >= 11 is 0. The number of hydrogen-bond acceptors (Lipinski definition) is 6. The molecule has 1 aromatic carbocycles. The lowest BCUT2D eigenvalue weighted by Crippen LogP contribution is -2.54. The van der Waals surface area contributed by atoms with Crippen molar-refractivity contribution in [3.05, 3.63) is 65.7 Å². The molecule has 0 spiro atoms. The van der Waals surface area contributed by atoms with E-state index in [4.69, 9.17) is 9.47 Å². The van der Waals surface area contributed by atoms with Crippen molar-refractivity contribution in [2.45, 2.75) is 50.6 Å². The number of nitrogens with one attached hydrogen (secondary N) is 3. The third-order valence-electron chi connectivity index (χ3n) is 9.34. The third kappa shape index (κ3) is 5.86. The van der Waals surface area contributed by atoms with Gasteiger partial charge in [0.1, 0.15) is 11.4 Å². The lowest BCUT2D eigenvalue weighted by Gasteiger charge is -2.41. The van der Waals surface area contributed by atoms with Gasteiger partial charge in [-0.15, -0.1) is 0 Å². The molecule has 3 atom stereocenters. The van der Waals surface area contributed by atoms with Crippen LogP contribution in [0.5, 0.6) is 5.75 Å². The van der Waals surface area contributed by atoms with Crippen molar-refractivity contribution in [3.63, 3.8) is 0 Å². The highest BCUT2D eigenvalue weighted by atomic mass is 16.5. The molecular formula is C32H41N5O4. The Bertz CT molecular complexity index is 1370. The molecule has 0 radical (unpaired) electrons. The summed E-state index contributed by atoms with van der Waals surface area (Å²) in [7, 11) is 3.01. The topological polar surface area (TPSA) is 98.9 Å². The van der Waals surface area contributed by atoms with E-state index in [1.54, 1.807) is 12.7 Å². The molecule has 2 saturated heterocycles. The smallest absolute Gasteiger partial charge is 0.407 e. The fourth-order valence-electron chi connectivity index (χ4n) is 7.01. The lowest BCUT2D eigenvalue weighted by atomic mass is 9.80. The van der Waals surface area contributed by atoms with Crippen LogP contribution in [0.1, 0.15) is 49.0 Å². The first kappa shape index (κ1) is 27.4. The molecule has 41 heavy (non-hydrogen) atoms. The first-order valence-electron chi connectivity index (χ1n) is 14.9. The van der Waals surface area contributed by atoms with E-state index in [0.29, 0.717) is 24.1 Å². The van der Waals surface area contributed by atoms with Gasteiger partial charge in [0, 0.05) is 53.9 Å². The van der Waals surface area contributed by atoms with E-state index in [-0.39, 0.29) is 18.0 Å². The third-order valence-corrected chi connectivity index (χ3v) is 9.34. The van der Waals surface area contributed by atoms with Crippen molar-refractivity contribution >= 4 is 22.9 Å². The first-order chi connectivity index (χ1) is 20.0. The number of likely N-dealkylation sites (tertiary alicyclic amines) is 2. The summed E-state index contributed by atoms with van der Waals surface area (Å²) < 4.78 is 10.2. The number of amides is 2. The van der Waals surface area contributed by atoms with Gasteiger partial charge < -0.3 is 34.9 Å². The number of benzene rings is 1. The number of allylic oxidation sites excluding steroid dienone is 4. The second-order valence-corrected chi connectivity index (χ2v) is 11.7. The van der Waals surface area contributed by atoms with Crippen LogP contribution in [0.4, 0.5) is 4.79 Å². The monoisotopic (exact) mass is 559 g/mol. The molecule has 1 aliphatic carbocycles. The molecule has 218 valence electrons. The van der Waals surface area contributed by atoms with Crippen LogP contribution in [0.15, 0.2) is 60.0 Å². The Kier molecular flexibility index (Phi) is 8.05. The van der Waals surface area contributed by atoms with Gasteiger partial charge in [-0.3, -0.25) is 4.79 Å². The molecule has 2 fully saturated rings. The van der Waals surface area contributed by atoms with Gasteiger partial charge in [0.2, 0.25) is 0 Å². The van der Waals surface area contributed by atoms with Crippen LogP contribution < -0.4 is 15.4 Å². The average Bonchev–Trinajstić information content (AvgIpc) is 3.64. The summed E-state index contributed by atoms with van der Waals surface area (Å²) in [4.78, 5) is 33.6. The molecule has 0 bridgehead atoms. The van der Waals surface area contributed by atoms with E-state index in [0.717, 1.165) is 62.0 Å². The molecule has 1 aromatic heterocycles. The maximum absolute atomic E-state index is 13.9. The van der Waals surface area contributed by atoms with Crippen molar-refractivity contribution in [1.29, 1.82) is 0 Å². The second-order valence-electron chi connectivity index (χ2n) is 11.7. The van der Waals surface area contributed by atoms with Crippen LogP contribution in [0.2, 0.25) is 0 Å². The maximum Gasteiger partial charge on any atom is 0.407 e. The number of ether oxygens (including phenoxy) is 2. The van der Waals surface area contributed by atoms with Crippen LogP contribution in [-0.4, -0.2) is 79.3 Å². The number of H-pyrrole nitrogens is 1. The fourth-order valence-corrected chi connectivity index (χ4v) is 7.01. The molecule has 0 saturated carbocycles. The molecule has 1 unspecified atom stereocenters. The van der Waals surface area contributed by atoms with Gasteiger partial charge in [0.25, 0.3) is 5.91 Å². The highest BCUT2D eigenvalue weighted by Crippen LogP contribution is 2.39. The Morgan fingerprint density at radius 1 is 1.10 bits per heavy atom. The second kappa shape index (κ2) is 12.0. The summed E-state index contributed by atoms with van der Waals surface area (Å²) in [6.45, 7) is 3.60. The summed E-state index contributed by atoms with van der Waals surface area (Å²) in [5.74, 6) is 1.90. The average molecular weight is 560 g/mol. The number of carbonyl (C=O) groups excluding carboxylic acids is 2. The van der Waals surface area contributed by atoms with E-state index in [1.165, 1.54) is 25.6 Å². The minimum atomic E-state index is -0.458. The molecule has 2 aromatic rings. The van der Waals surface area contributed by atoms with Gasteiger partial charge in [0.15, 0.2) is 0 Å². The summed E-state index contributed by atoms with van der Waals surface area (Å²) in [5.41, 5.74) is 4.38. The molecular weight excluding hydrogens is 518 g/mol. The highest BCUT2D eigenvalue weighted by Gasteiger charge is 2.35. The molecule has 6 rings (SSSR count). The summed E-state index contributed by atoms with van der Waals surface area (Å²) in [6.07, 6.45) is 14.5. The normalized spacial score (nSPS) is 24.8. The van der Waals surface area contributed by atoms with Gasteiger partial charge in [0.05, 0.1) is 14.2 Å². The molecule has 3 aliphatic heterocycles. The number of aromatic amines is 1. The predicted octanol–water partition coefficient (Wildman–Crippen LogP) is 4.55. The van der Waals surface area contributed by atoms with E-state index < -0.39 is 6.09 Å². The number of rotatable bonds is 7. The van der Waals surface area contributed by atoms with Crippen LogP contribution in [0.3, 0.4) is 0 Å². The van der Waals surface area contributed by atoms with E-state index >= 15 is 0 Å². The lowest BCUT2D eigenvalue weighted by molar-refractivity contribution is 0.0515. The molecule has 9 heteroatoms. The predicted molar refractivity (Wildman–Crippen MR) is 159 cm³/mol. The van der Waals surface area contributed by atoms with E-state index in [1.807, 2.05) is 29.2 Å². The van der Waals surface area contributed by atoms with Crippen LogP contribution in [0.25, 0.3) is 10.9 Å². The van der Waals surface area contributed by atoms with Crippen LogP contribution in [-0.2, 0) is 4.74 Å². The molecule has 9 nitrogen and oxygen atoms in total. The fraction of sp³-hybridized carbons (Fsp3) is 0.500. The molecule has 4 aliphatic rings. The van der Waals surface area contributed by atoms with Gasteiger partial charge in [-0.05, 0) is 93.4 Å². The highest BCUT2D eigenvalue weighted by molar-refractivity contribution is 5.98. The maximum atomic E-state index is 13.9.